The number of ketones is 1. The van der Waals surface area contributed by atoms with Crippen LogP contribution >= 0.6 is 0 Å². The normalized spacial score (nSPS) is 40.8. The molecule has 0 aromatic heterocycles. The first kappa shape index (κ1) is 22.6. The van der Waals surface area contributed by atoms with E-state index in [9.17, 15) is 34.8 Å². The highest BCUT2D eigenvalue weighted by Crippen LogP contribution is 2.46. The summed E-state index contributed by atoms with van der Waals surface area (Å²) in [5.41, 5.74) is -0.0902. The largest absolute Gasteiger partial charge is 0.471 e. The Kier molecular flexibility index (Phi) is 6.75. The number of fused-ring (bicyclic) bond motifs is 1. The van der Waals surface area contributed by atoms with Crippen LogP contribution in [0.5, 0.6) is 0 Å². The van der Waals surface area contributed by atoms with Gasteiger partial charge in [-0.05, 0) is 0 Å². The second kappa shape index (κ2) is 8.96. The molecular formula is C18H24O12. The monoisotopic (exact) mass is 432 g/mol. The highest BCUT2D eigenvalue weighted by Gasteiger charge is 2.57. The van der Waals surface area contributed by atoms with Crippen LogP contribution < -0.4 is 0 Å². The lowest BCUT2D eigenvalue weighted by Crippen LogP contribution is -2.60. The molecular weight excluding hydrogens is 408 g/mol. The van der Waals surface area contributed by atoms with E-state index in [0.29, 0.717) is 0 Å². The van der Waals surface area contributed by atoms with Crippen LogP contribution in [-0.2, 0) is 38.1 Å². The number of hydrogen-bond acceptors (Lipinski definition) is 12. The number of Topliss-reactive ketones (excluding diaryl/α,β-unsaturated/α-hetero) is 1. The molecule has 3 aliphatic rings. The van der Waals surface area contributed by atoms with Crippen LogP contribution in [0.25, 0.3) is 0 Å². The lowest BCUT2D eigenvalue weighted by Gasteiger charge is -2.42. The van der Waals surface area contributed by atoms with E-state index in [1.807, 2.05) is 0 Å². The molecule has 0 aromatic carbocycles. The lowest BCUT2D eigenvalue weighted by molar-refractivity contribution is -0.342. The van der Waals surface area contributed by atoms with Gasteiger partial charge in [0.1, 0.15) is 30.2 Å². The predicted octanol–water partition coefficient (Wildman–Crippen LogP) is -2.79. The molecule has 0 radical (unpaired) electrons. The number of ether oxygens (including phenoxy) is 5. The number of aliphatic hydroxyl groups is 4. The number of aliphatic hydroxyl groups excluding tert-OH is 4. The van der Waals surface area contributed by atoms with Gasteiger partial charge in [-0.2, -0.15) is 0 Å². The zero-order chi connectivity index (χ0) is 22.2. The van der Waals surface area contributed by atoms with E-state index in [1.165, 1.54) is 0 Å². The summed E-state index contributed by atoms with van der Waals surface area (Å²) in [7, 11) is 2.28. The molecule has 0 aromatic rings. The van der Waals surface area contributed by atoms with Crippen LogP contribution in [0.3, 0.4) is 0 Å². The molecule has 0 amide bonds. The molecule has 12 heteroatoms. The minimum absolute atomic E-state index is 0.0902. The second-order valence-corrected chi connectivity index (χ2v) is 7.26. The van der Waals surface area contributed by atoms with Gasteiger partial charge in [0.25, 0.3) is 0 Å². The smallest absolute Gasteiger partial charge is 0.337 e. The molecule has 2 heterocycles. The van der Waals surface area contributed by atoms with Crippen LogP contribution in [0.15, 0.2) is 11.8 Å². The van der Waals surface area contributed by atoms with E-state index in [0.717, 1.165) is 20.5 Å². The zero-order valence-electron chi connectivity index (χ0n) is 16.2. The zero-order valence-corrected chi connectivity index (χ0v) is 16.2. The molecule has 0 bridgehead atoms. The fraction of sp³-hybridized carbons (Fsp3) is 0.722. The summed E-state index contributed by atoms with van der Waals surface area (Å²) in [6.07, 6.45) is -8.38. The first-order valence-corrected chi connectivity index (χ1v) is 9.25. The Hall–Kier alpha value is -2.09. The maximum absolute atomic E-state index is 12.6. The van der Waals surface area contributed by atoms with Gasteiger partial charge in [0.2, 0.25) is 6.29 Å². The maximum atomic E-state index is 12.6. The van der Waals surface area contributed by atoms with Gasteiger partial charge in [0, 0.05) is 12.3 Å². The van der Waals surface area contributed by atoms with Crippen molar-refractivity contribution in [3.8, 4) is 0 Å². The van der Waals surface area contributed by atoms with Crippen molar-refractivity contribution >= 4 is 17.7 Å². The van der Waals surface area contributed by atoms with Crippen molar-refractivity contribution in [2.24, 2.45) is 17.8 Å². The summed E-state index contributed by atoms with van der Waals surface area (Å²) in [6, 6.07) is 0. The van der Waals surface area contributed by atoms with Crippen LogP contribution in [-0.4, -0.2) is 96.0 Å². The molecule has 0 spiro atoms. The van der Waals surface area contributed by atoms with Gasteiger partial charge >= 0.3 is 11.9 Å². The lowest BCUT2D eigenvalue weighted by atomic mass is 9.82. The van der Waals surface area contributed by atoms with Gasteiger partial charge < -0.3 is 44.1 Å². The molecule has 2 aliphatic heterocycles. The molecule has 168 valence electrons. The van der Waals surface area contributed by atoms with Crippen molar-refractivity contribution in [3.63, 3.8) is 0 Å². The Bertz CT molecular complexity index is 718. The third-order valence-corrected chi connectivity index (χ3v) is 5.64. The molecule has 1 saturated carbocycles. The van der Waals surface area contributed by atoms with Gasteiger partial charge in [-0.1, -0.05) is 0 Å². The molecule has 0 unspecified atom stereocenters. The molecule has 1 aliphatic carbocycles. The highest BCUT2D eigenvalue weighted by atomic mass is 16.8. The topological polar surface area (TPSA) is 178 Å². The maximum Gasteiger partial charge on any atom is 0.337 e. The fourth-order valence-corrected chi connectivity index (χ4v) is 4.08. The number of hydrogen-bond donors (Lipinski definition) is 4. The van der Waals surface area contributed by atoms with E-state index in [1.54, 1.807) is 0 Å². The van der Waals surface area contributed by atoms with Crippen molar-refractivity contribution in [1.82, 2.24) is 0 Å². The Morgan fingerprint density at radius 2 is 1.80 bits per heavy atom. The Balaban J connectivity index is 1.90. The third kappa shape index (κ3) is 3.82. The number of carbonyl (C=O) groups excluding carboxylic acids is 3. The van der Waals surface area contributed by atoms with E-state index in [4.69, 9.17) is 18.9 Å². The number of methoxy groups -OCH3 is 2. The third-order valence-electron chi connectivity index (χ3n) is 5.64. The minimum atomic E-state index is -1.72. The van der Waals surface area contributed by atoms with Gasteiger partial charge in [0.05, 0.1) is 44.5 Å². The molecule has 4 N–H and O–H groups in total. The summed E-state index contributed by atoms with van der Waals surface area (Å²) in [5, 5.41) is 39.3. The van der Waals surface area contributed by atoms with Crippen molar-refractivity contribution in [3.05, 3.63) is 11.8 Å². The minimum Gasteiger partial charge on any atom is -0.471 e. The Labute approximate surface area is 170 Å². The molecule has 30 heavy (non-hydrogen) atoms. The molecule has 1 saturated heterocycles. The van der Waals surface area contributed by atoms with E-state index in [2.05, 4.69) is 4.74 Å². The Morgan fingerprint density at radius 3 is 2.40 bits per heavy atom. The summed E-state index contributed by atoms with van der Waals surface area (Å²) < 4.78 is 25.8. The van der Waals surface area contributed by atoms with Crippen molar-refractivity contribution < 1.29 is 58.5 Å². The summed E-state index contributed by atoms with van der Waals surface area (Å²) >= 11 is 0. The van der Waals surface area contributed by atoms with Gasteiger partial charge in [0.15, 0.2) is 6.29 Å². The second-order valence-electron chi connectivity index (χ2n) is 7.26. The highest BCUT2D eigenvalue weighted by molar-refractivity contribution is 6.01. The number of rotatable bonds is 5. The Morgan fingerprint density at radius 1 is 1.10 bits per heavy atom. The first-order chi connectivity index (χ1) is 14.2. The van der Waals surface area contributed by atoms with E-state index < -0.39 is 79.1 Å². The average molecular weight is 432 g/mol. The summed E-state index contributed by atoms with van der Waals surface area (Å²) in [6.45, 7) is -0.669. The van der Waals surface area contributed by atoms with Gasteiger partial charge in [-0.15, -0.1) is 0 Å². The van der Waals surface area contributed by atoms with Crippen molar-refractivity contribution in [2.75, 3.05) is 20.8 Å². The van der Waals surface area contributed by atoms with Crippen LogP contribution in [0.4, 0.5) is 0 Å². The molecule has 2 fully saturated rings. The number of carbonyl (C=O) groups is 3. The van der Waals surface area contributed by atoms with E-state index in [-0.39, 0.29) is 12.0 Å². The summed E-state index contributed by atoms with van der Waals surface area (Å²) in [5.74, 6) is -5.03. The van der Waals surface area contributed by atoms with Crippen molar-refractivity contribution in [1.29, 1.82) is 0 Å². The molecule has 12 nitrogen and oxygen atoms in total. The predicted molar refractivity (Wildman–Crippen MR) is 91.9 cm³/mol. The fourth-order valence-electron chi connectivity index (χ4n) is 4.08. The van der Waals surface area contributed by atoms with Crippen molar-refractivity contribution in [2.45, 2.75) is 43.4 Å². The molecule has 9 atom stereocenters. The first-order valence-electron chi connectivity index (χ1n) is 9.25. The molecule has 3 rings (SSSR count). The summed E-state index contributed by atoms with van der Waals surface area (Å²) in [4.78, 5) is 36.9. The SMILES string of the molecule is COC(=O)C1=CO[C@H](O[C@@H]2O[C@H](CO)[C@@H](O)[C@H](O)[C@H]2O)[C@@H]2[C@H]1C(=O)C[C@H]2C(=O)OC. The van der Waals surface area contributed by atoms with Gasteiger partial charge in [-0.25, -0.2) is 4.79 Å². The van der Waals surface area contributed by atoms with Gasteiger partial charge in [-0.3, -0.25) is 9.59 Å². The van der Waals surface area contributed by atoms with Crippen LogP contribution in [0, 0.1) is 17.8 Å². The van der Waals surface area contributed by atoms with E-state index >= 15 is 0 Å². The average Bonchev–Trinajstić information content (AvgIpc) is 3.10. The quantitative estimate of drug-likeness (QED) is 0.329. The van der Waals surface area contributed by atoms with Crippen LogP contribution in [0.2, 0.25) is 0 Å². The number of esters is 2. The standard InChI is InChI=1S/C18H24O12/c1-26-15(24)6-3-8(20)10-7(16(25)27-2)5-28-17(11(6)10)30-18-14(23)13(22)12(21)9(4-19)29-18/h5-6,9-14,17-19,21-23H,3-4H2,1-2H3/t6-,9-,10-,11+,12-,13+,14-,17-,18+/m1/s1. The van der Waals surface area contributed by atoms with Crippen LogP contribution in [0.1, 0.15) is 6.42 Å².